The maximum atomic E-state index is 12.5. The predicted octanol–water partition coefficient (Wildman–Crippen LogP) is 3.76. The predicted molar refractivity (Wildman–Crippen MR) is 121 cm³/mol. The van der Waals surface area contributed by atoms with E-state index in [1.54, 1.807) is 35.7 Å². The molecule has 2 aromatic carbocycles. The molecule has 0 atom stereocenters. The number of benzene rings is 2. The van der Waals surface area contributed by atoms with Gasteiger partial charge in [-0.3, -0.25) is 9.52 Å². The standard InChI is InChI=1S/C20H16N6O3S2/c1-2-18(27)24-14-5-8-17-16(11-14)19(23-12-22-17)25-13-3-6-15(7-4-13)31(28,29)26-20-21-9-10-30-20/h2-12H,1H2,(H,21,26)(H,24,27)(H,22,23,25). The molecule has 1 amide bonds. The summed E-state index contributed by atoms with van der Waals surface area (Å²) in [5.41, 5.74) is 1.89. The molecule has 0 unspecified atom stereocenters. The molecule has 156 valence electrons. The average molecular weight is 453 g/mol. The van der Waals surface area contributed by atoms with Crippen LogP contribution in [0, 0.1) is 0 Å². The van der Waals surface area contributed by atoms with Gasteiger partial charge in [0.25, 0.3) is 10.0 Å². The van der Waals surface area contributed by atoms with E-state index >= 15 is 0 Å². The third-order valence-corrected chi connectivity index (χ3v) is 6.34. The molecule has 0 radical (unpaired) electrons. The minimum atomic E-state index is -3.73. The summed E-state index contributed by atoms with van der Waals surface area (Å²) in [5, 5.41) is 8.53. The molecule has 4 rings (SSSR count). The lowest BCUT2D eigenvalue weighted by Gasteiger charge is -2.11. The number of aromatic nitrogens is 3. The van der Waals surface area contributed by atoms with Gasteiger partial charge in [0.1, 0.15) is 12.1 Å². The Labute approximate surface area is 182 Å². The summed E-state index contributed by atoms with van der Waals surface area (Å²) in [4.78, 5) is 24.1. The van der Waals surface area contributed by atoms with Crippen LogP contribution in [0.25, 0.3) is 10.9 Å². The number of anilines is 4. The fourth-order valence-corrected chi connectivity index (χ4v) is 4.52. The van der Waals surface area contributed by atoms with Crippen molar-refractivity contribution in [3.05, 3.63) is 73.0 Å². The molecule has 0 fully saturated rings. The summed E-state index contributed by atoms with van der Waals surface area (Å²) in [6.07, 6.45) is 4.13. The first-order valence-electron chi connectivity index (χ1n) is 8.92. The van der Waals surface area contributed by atoms with E-state index in [1.807, 2.05) is 0 Å². The van der Waals surface area contributed by atoms with Crippen molar-refractivity contribution in [3.8, 4) is 0 Å². The highest BCUT2D eigenvalue weighted by molar-refractivity contribution is 7.93. The van der Waals surface area contributed by atoms with E-state index in [4.69, 9.17) is 0 Å². The van der Waals surface area contributed by atoms with E-state index in [-0.39, 0.29) is 10.8 Å². The van der Waals surface area contributed by atoms with Crippen molar-refractivity contribution in [2.24, 2.45) is 0 Å². The molecular formula is C20H16N6O3S2. The molecule has 11 heteroatoms. The fraction of sp³-hybridized carbons (Fsp3) is 0. The second kappa shape index (κ2) is 8.50. The van der Waals surface area contributed by atoms with E-state index < -0.39 is 10.0 Å². The number of nitrogens with zero attached hydrogens (tertiary/aromatic N) is 3. The van der Waals surface area contributed by atoms with Crippen molar-refractivity contribution >= 4 is 60.5 Å². The third kappa shape index (κ3) is 4.68. The quantitative estimate of drug-likeness (QED) is 0.365. The number of hydrogen-bond acceptors (Lipinski definition) is 8. The van der Waals surface area contributed by atoms with Crippen LogP contribution in [0.2, 0.25) is 0 Å². The number of fused-ring (bicyclic) bond motifs is 1. The Morgan fingerprint density at radius 3 is 2.52 bits per heavy atom. The molecule has 0 bridgehead atoms. The van der Waals surface area contributed by atoms with Crippen molar-refractivity contribution in [2.75, 3.05) is 15.4 Å². The Hall–Kier alpha value is -3.83. The molecule has 2 heterocycles. The molecule has 9 nitrogen and oxygen atoms in total. The maximum absolute atomic E-state index is 12.5. The Balaban J connectivity index is 1.58. The normalized spacial score (nSPS) is 11.1. The van der Waals surface area contributed by atoms with Crippen LogP contribution in [-0.2, 0) is 14.8 Å². The van der Waals surface area contributed by atoms with Gasteiger partial charge >= 0.3 is 0 Å². The number of nitrogens with one attached hydrogen (secondary N) is 3. The average Bonchev–Trinajstić information content (AvgIpc) is 3.27. The van der Waals surface area contributed by atoms with Crippen LogP contribution in [0.1, 0.15) is 0 Å². The summed E-state index contributed by atoms with van der Waals surface area (Å²) >= 11 is 1.20. The molecule has 0 aliphatic carbocycles. The second-order valence-corrected chi connectivity index (χ2v) is 8.82. The van der Waals surface area contributed by atoms with Crippen LogP contribution in [0.3, 0.4) is 0 Å². The third-order valence-electron chi connectivity index (χ3n) is 4.17. The van der Waals surface area contributed by atoms with E-state index in [9.17, 15) is 13.2 Å². The SMILES string of the molecule is C=CC(=O)Nc1ccc2ncnc(Nc3ccc(S(=O)(=O)Nc4nccs4)cc3)c2c1. The molecule has 4 aromatic rings. The molecule has 2 aromatic heterocycles. The molecule has 0 aliphatic rings. The number of carbonyl (C=O) groups excluding carboxylic acids is 1. The lowest BCUT2D eigenvalue weighted by Crippen LogP contribution is -2.12. The molecule has 31 heavy (non-hydrogen) atoms. The van der Waals surface area contributed by atoms with Crippen LogP contribution in [-0.4, -0.2) is 29.3 Å². The number of thiazole rings is 1. The van der Waals surface area contributed by atoms with Crippen LogP contribution in [0.5, 0.6) is 0 Å². The topological polar surface area (TPSA) is 126 Å². The van der Waals surface area contributed by atoms with E-state index in [0.717, 1.165) is 0 Å². The van der Waals surface area contributed by atoms with Gasteiger partial charge in [-0.15, -0.1) is 11.3 Å². The van der Waals surface area contributed by atoms with Crippen LogP contribution >= 0.6 is 11.3 Å². The van der Waals surface area contributed by atoms with Crippen molar-refractivity contribution in [3.63, 3.8) is 0 Å². The molecule has 0 spiro atoms. The van der Waals surface area contributed by atoms with Gasteiger partial charge in [0.15, 0.2) is 5.13 Å². The van der Waals surface area contributed by atoms with Crippen molar-refractivity contribution in [2.45, 2.75) is 4.90 Å². The number of rotatable bonds is 7. The lowest BCUT2D eigenvalue weighted by molar-refractivity contribution is -0.111. The largest absolute Gasteiger partial charge is 0.340 e. The van der Waals surface area contributed by atoms with Gasteiger partial charge in [0, 0.05) is 28.3 Å². The van der Waals surface area contributed by atoms with Crippen molar-refractivity contribution in [1.82, 2.24) is 15.0 Å². The first-order chi connectivity index (χ1) is 14.9. The highest BCUT2D eigenvalue weighted by Gasteiger charge is 2.15. The molecule has 0 saturated heterocycles. The van der Waals surface area contributed by atoms with E-state index in [1.165, 1.54) is 42.1 Å². The first-order valence-corrected chi connectivity index (χ1v) is 11.3. The Bertz CT molecular complexity index is 1350. The Morgan fingerprint density at radius 1 is 1.03 bits per heavy atom. The smallest absolute Gasteiger partial charge is 0.263 e. The number of amides is 1. The highest BCUT2D eigenvalue weighted by atomic mass is 32.2. The zero-order valence-electron chi connectivity index (χ0n) is 15.9. The van der Waals surface area contributed by atoms with Crippen LogP contribution < -0.4 is 15.4 Å². The van der Waals surface area contributed by atoms with E-state index in [2.05, 4.69) is 36.9 Å². The zero-order chi connectivity index (χ0) is 21.8. The number of sulfonamides is 1. The van der Waals surface area contributed by atoms with Crippen LogP contribution in [0.15, 0.2) is 77.9 Å². The highest BCUT2D eigenvalue weighted by Crippen LogP contribution is 2.27. The summed E-state index contributed by atoms with van der Waals surface area (Å²) in [5.74, 6) is 0.185. The first kappa shape index (κ1) is 20.4. The molecule has 0 saturated carbocycles. The maximum Gasteiger partial charge on any atom is 0.263 e. The van der Waals surface area contributed by atoms with Gasteiger partial charge in [0.2, 0.25) is 5.91 Å². The number of carbonyl (C=O) groups is 1. The van der Waals surface area contributed by atoms with Gasteiger partial charge < -0.3 is 10.6 Å². The monoisotopic (exact) mass is 452 g/mol. The Kier molecular flexibility index (Phi) is 5.60. The van der Waals surface area contributed by atoms with Gasteiger partial charge in [-0.1, -0.05) is 6.58 Å². The molecular weight excluding hydrogens is 436 g/mol. The minimum Gasteiger partial charge on any atom is -0.340 e. The van der Waals surface area contributed by atoms with Crippen molar-refractivity contribution < 1.29 is 13.2 Å². The minimum absolute atomic E-state index is 0.107. The van der Waals surface area contributed by atoms with Crippen LogP contribution in [0.4, 0.5) is 22.3 Å². The van der Waals surface area contributed by atoms with Gasteiger partial charge in [-0.05, 0) is 48.5 Å². The van der Waals surface area contributed by atoms with Gasteiger partial charge in [0.05, 0.1) is 10.4 Å². The zero-order valence-corrected chi connectivity index (χ0v) is 17.6. The Morgan fingerprint density at radius 2 is 1.81 bits per heavy atom. The molecule has 0 aliphatic heterocycles. The van der Waals surface area contributed by atoms with E-state index in [0.29, 0.717) is 33.2 Å². The summed E-state index contributed by atoms with van der Waals surface area (Å²) in [7, 11) is -3.73. The second-order valence-electron chi connectivity index (χ2n) is 6.24. The summed E-state index contributed by atoms with van der Waals surface area (Å²) < 4.78 is 27.4. The summed E-state index contributed by atoms with van der Waals surface area (Å²) in [6, 6.07) is 11.5. The lowest BCUT2D eigenvalue weighted by atomic mass is 10.2. The summed E-state index contributed by atoms with van der Waals surface area (Å²) in [6.45, 7) is 3.44. The van der Waals surface area contributed by atoms with Gasteiger partial charge in [-0.2, -0.15) is 0 Å². The fourth-order valence-electron chi connectivity index (χ4n) is 2.73. The van der Waals surface area contributed by atoms with Gasteiger partial charge in [-0.25, -0.2) is 23.4 Å². The molecule has 3 N–H and O–H groups in total. The number of hydrogen-bond donors (Lipinski definition) is 3. The van der Waals surface area contributed by atoms with Crippen molar-refractivity contribution in [1.29, 1.82) is 0 Å².